The maximum Gasteiger partial charge on any atom is 0.165 e. The summed E-state index contributed by atoms with van der Waals surface area (Å²) in [6.45, 7) is 1.59. The Morgan fingerprint density at radius 2 is 2.33 bits per heavy atom. The van der Waals surface area contributed by atoms with Crippen LogP contribution in [0.4, 0.5) is 0 Å². The highest BCUT2D eigenvalue weighted by Gasteiger charge is 2.21. The zero-order valence-corrected chi connectivity index (χ0v) is 11.6. The minimum Gasteiger partial charge on any atom is -0.493 e. The van der Waals surface area contributed by atoms with Crippen LogP contribution in [0.5, 0.6) is 11.5 Å². The molecule has 1 aliphatic rings. The number of thioether (sulfide) groups is 1. The van der Waals surface area contributed by atoms with Gasteiger partial charge in [0.15, 0.2) is 11.5 Å². The van der Waals surface area contributed by atoms with E-state index in [9.17, 15) is 4.79 Å². The van der Waals surface area contributed by atoms with Crippen molar-refractivity contribution in [3.63, 3.8) is 0 Å². The number of Topliss-reactive ketones (excluding diaryl/α,β-unsaturated/α-hetero) is 1. The van der Waals surface area contributed by atoms with Crippen LogP contribution < -0.4 is 9.47 Å². The van der Waals surface area contributed by atoms with E-state index in [1.54, 1.807) is 14.0 Å². The van der Waals surface area contributed by atoms with Gasteiger partial charge in [-0.2, -0.15) is 11.8 Å². The van der Waals surface area contributed by atoms with E-state index in [2.05, 4.69) is 0 Å². The maximum atomic E-state index is 11.3. The number of ketones is 1. The van der Waals surface area contributed by atoms with Crippen LogP contribution in [0.15, 0.2) is 18.2 Å². The summed E-state index contributed by atoms with van der Waals surface area (Å²) in [4.78, 5) is 11.3. The number of hydrogen-bond acceptors (Lipinski definition) is 4. The fourth-order valence-corrected chi connectivity index (χ4v) is 3.13. The Balaban J connectivity index is 2.24. The molecule has 98 valence electrons. The van der Waals surface area contributed by atoms with E-state index in [1.165, 1.54) is 0 Å². The molecular weight excluding hydrogens is 248 g/mol. The molecule has 0 spiro atoms. The van der Waals surface area contributed by atoms with Gasteiger partial charge in [0.1, 0.15) is 11.9 Å². The molecule has 1 aliphatic heterocycles. The highest BCUT2D eigenvalue weighted by molar-refractivity contribution is 7.99. The third-order valence-electron chi connectivity index (χ3n) is 2.89. The number of rotatable bonds is 5. The Labute approximate surface area is 112 Å². The quantitative estimate of drug-likeness (QED) is 0.821. The lowest BCUT2D eigenvalue weighted by atomic mass is 10.1. The van der Waals surface area contributed by atoms with Gasteiger partial charge < -0.3 is 9.47 Å². The van der Waals surface area contributed by atoms with Gasteiger partial charge in [-0.15, -0.1) is 0 Å². The third-order valence-corrected chi connectivity index (χ3v) is 4.02. The monoisotopic (exact) mass is 266 g/mol. The molecule has 1 fully saturated rings. The molecule has 1 heterocycles. The first-order valence-corrected chi connectivity index (χ1v) is 7.26. The first-order valence-electron chi connectivity index (χ1n) is 6.10. The lowest BCUT2D eigenvalue weighted by Crippen LogP contribution is -2.17. The predicted octanol–water partition coefficient (Wildman–Crippen LogP) is 2.71. The van der Waals surface area contributed by atoms with Crippen molar-refractivity contribution in [3.05, 3.63) is 23.8 Å². The van der Waals surface area contributed by atoms with Crippen LogP contribution >= 0.6 is 11.8 Å². The summed E-state index contributed by atoms with van der Waals surface area (Å²) in [5.41, 5.74) is 0.916. The Bertz CT molecular complexity index is 425. The highest BCUT2D eigenvalue weighted by atomic mass is 32.2. The van der Waals surface area contributed by atoms with Crippen molar-refractivity contribution in [1.82, 2.24) is 0 Å². The summed E-state index contributed by atoms with van der Waals surface area (Å²) in [6.07, 6.45) is 1.69. The van der Waals surface area contributed by atoms with Gasteiger partial charge in [-0.3, -0.25) is 4.79 Å². The van der Waals surface area contributed by atoms with E-state index in [0.717, 1.165) is 29.2 Å². The number of ether oxygens (including phenoxy) is 2. The van der Waals surface area contributed by atoms with E-state index >= 15 is 0 Å². The first-order chi connectivity index (χ1) is 8.70. The second kappa shape index (κ2) is 6.14. The van der Waals surface area contributed by atoms with E-state index in [-0.39, 0.29) is 11.9 Å². The SMILES string of the molecule is COc1cccc(CC(C)=O)c1OC1CCSC1. The molecule has 18 heavy (non-hydrogen) atoms. The summed E-state index contributed by atoms with van der Waals surface area (Å²) >= 11 is 1.90. The molecule has 0 aliphatic carbocycles. The second-order valence-electron chi connectivity index (χ2n) is 4.43. The summed E-state index contributed by atoms with van der Waals surface area (Å²) < 4.78 is 11.4. The lowest BCUT2D eigenvalue weighted by molar-refractivity contribution is -0.116. The Kier molecular flexibility index (Phi) is 4.53. The van der Waals surface area contributed by atoms with Crippen molar-refractivity contribution in [1.29, 1.82) is 0 Å². The zero-order chi connectivity index (χ0) is 13.0. The molecule has 0 aromatic heterocycles. The van der Waals surface area contributed by atoms with Gasteiger partial charge in [0.2, 0.25) is 0 Å². The molecule has 0 amide bonds. The van der Waals surface area contributed by atoms with Crippen LogP contribution in [0.25, 0.3) is 0 Å². The van der Waals surface area contributed by atoms with E-state index < -0.39 is 0 Å². The largest absolute Gasteiger partial charge is 0.493 e. The fraction of sp³-hybridized carbons (Fsp3) is 0.500. The first kappa shape index (κ1) is 13.3. The molecule has 1 aromatic rings. The molecule has 2 rings (SSSR count). The van der Waals surface area contributed by atoms with E-state index in [0.29, 0.717) is 12.2 Å². The number of carbonyl (C=O) groups is 1. The molecular formula is C14H18O3S. The Morgan fingerprint density at radius 1 is 1.50 bits per heavy atom. The number of methoxy groups -OCH3 is 1. The van der Waals surface area contributed by atoms with Crippen LogP contribution in [0.2, 0.25) is 0 Å². The molecule has 0 N–H and O–H groups in total. The van der Waals surface area contributed by atoms with Crippen LogP contribution in [-0.4, -0.2) is 30.5 Å². The minimum absolute atomic E-state index is 0.133. The second-order valence-corrected chi connectivity index (χ2v) is 5.58. The van der Waals surface area contributed by atoms with Gasteiger partial charge in [0, 0.05) is 17.7 Å². The normalized spacial score (nSPS) is 18.7. The van der Waals surface area contributed by atoms with Crippen molar-refractivity contribution in [2.75, 3.05) is 18.6 Å². The van der Waals surface area contributed by atoms with Crippen LogP contribution in [0.1, 0.15) is 18.9 Å². The maximum absolute atomic E-state index is 11.3. The molecule has 1 unspecified atom stereocenters. The van der Waals surface area contributed by atoms with Gasteiger partial charge in [-0.25, -0.2) is 0 Å². The van der Waals surface area contributed by atoms with Gasteiger partial charge in [-0.05, 0) is 25.2 Å². The molecule has 4 heteroatoms. The van der Waals surface area contributed by atoms with Gasteiger partial charge in [0.25, 0.3) is 0 Å². The Hall–Kier alpha value is -1.16. The topological polar surface area (TPSA) is 35.5 Å². The molecule has 0 saturated carbocycles. The lowest BCUT2D eigenvalue weighted by Gasteiger charge is -2.18. The van der Waals surface area contributed by atoms with Crippen LogP contribution in [-0.2, 0) is 11.2 Å². The van der Waals surface area contributed by atoms with Crippen LogP contribution in [0.3, 0.4) is 0 Å². The Morgan fingerprint density at radius 3 is 2.94 bits per heavy atom. The molecule has 1 saturated heterocycles. The standard InChI is InChI=1S/C14H18O3S/c1-10(15)8-11-4-3-5-13(16-2)14(11)17-12-6-7-18-9-12/h3-5,12H,6-9H2,1-2H3. The molecule has 0 bridgehead atoms. The van der Waals surface area contributed by atoms with Crippen molar-refractivity contribution in [3.8, 4) is 11.5 Å². The van der Waals surface area contributed by atoms with Crippen molar-refractivity contribution >= 4 is 17.5 Å². The molecule has 0 radical (unpaired) electrons. The summed E-state index contributed by atoms with van der Waals surface area (Å²) in [5.74, 6) is 3.74. The summed E-state index contributed by atoms with van der Waals surface area (Å²) in [7, 11) is 1.63. The average molecular weight is 266 g/mol. The van der Waals surface area contributed by atoms with Crippen molar-refractivity contribution < 1.29 is 14.3 Å². The molecule has 1 atom stereocenters. The summed E-state index contributed by atoms with van der Waals surface area (Å²) in [5, 5.41) is 0. The zero-order valence-electron chi connectivity index (χ0n) is 10.8. The van der Waals surface area contributed by atoms with E-state index in [1.807, 2.05) is 30.0 Å². The summed E-state index contributed by atoms with van der Waals surface area (Å²) in [6, 6.07) is 5.70. The van der Waals surface area contributed by atoms with Gasteiger partial charge >= 0.3 is 0 Å². The highest BCUT2D eigenvalue weighted by Crippen LogP contribution is 2.34. The third kappa shape index (κ3) is 3.19. The van der Waals surface area contributed by atoms with Crippen molar-refractivity contribution in [2.24, 2.45) is 0 Å². The predicted molar refractivity (Wildman–Crippen MR) is 73.7 cm³/mol. The van der Waals surface area contributed by atoms with E-state index in [4.69, 9.17) is 9.47 Å². The number of carbonyl (C=O) groups excluding carboxylic acids is 1. The number of para-hydroxylation sites is 1. The van der Waals surface area contributed by atoms with Gasteiger partial charge in [0.05, 0.1) is 7.11 Å². The number of benzene rings is 1. The molecule has 1 aromatic carbocycles. The minimum atomic E-state index is 0.133. The smallest absolute Gasteiger partial charge is 0.165 e. The van der Waals surface area contributed by atoms with Crippen LogP contribution in [0, 0.1) is 0 Å². The fourth-order valence-electron chi connectivity index (χ4n) is 2.04. The average Bonchev–Trinajstić information content (AvgIpc) is 2.83. The number of hydrogen-bond donors (Lipinski definition) is 0. The van der Waals surface area contributed by atoms with Crippen molar-refractivity contribution in [2.45, 2.75) is 25.9 Å². The molecule has 3 nitrogen and oxygen atoms in total. The van der Waals surface area contributed by atoms with Gasteiger partial charge in [-0.1, -0.05) is 12.1 Å².